The number of ketones is 1. The molecule has 180 valence electrons. The number of nitro groups is 1. The van der Waals surface area contributed by atoms with Gasteiger partial charge in [0.2, 0.25) is 11.7 Å². The first-order chi connectivity index (χ1) is 16.8. The van der Waals surface area contributed by atoms with Crippen molar-refractivity contribution in [3.63, 3.8) is 0 Å². The van der Waals surface area contributed by atoms with Crippen molar-refractivity contribution in [2.24, 2.45) is 0 Å². The summed E-state index contributed by atoms with van der Waals surface area (Å²) in [6.45, 7) is 1.90. The molecule has 0 bridgehead atoms. The standard InChI is InChI=1S/C26H24N2O7/c1-17-8-10-18(11-9-17)25(31)26(19-6-4-3-5-7-19)35-24(30)15-14-23(29)27-21-13-12-20(34-2)16-22(21)28(32)33/h3-13,16,26H,14-15H2,1-2H3,(H,27,29)/t26-/m0/s1. The molecule has 0 fully saturated rings. The minimum Gasteiger partial charge on any atom is -0.496 e. The van der Waals surface area contributed by atoms with Crippen molar-refractivity contribution in [3.8, 4) is 5.75 Å². The van der Waals surface area contributed by atoms with Crippen LogP contribution in [0.2, 0.25) is 0 Å². The smallest absolute Gasteiger partial charge is 0.307 e. The molecule has 0 radical (unpaired) electrons. The molecular weight excluding hydrogens is 452 g/mol. The first-order valence-electron chi connectivity index (χ1n) is 10.8. The zero-order valence-corrected chi connectivity index (χ0v) is 19.2. The third kappa shape index (κ3) is 6.73. The van der Waals surface area contributed by atoms with Crippen molar-refractivity contribution >= 4 is 29.0 Å². The Balaban J connectivity index is 1.67. The van der Waals surface area contributed by atoms with Gasteiger partial charge in [-0.15, -0.1) is 0 Å². The lowest BCUT2D eigenvalue weighted by atomic mass is 9.99. The topological polar surface area (TPSA) is 125 Å². The normalized spacial score (nSPS) is 11.3. The minimum absolute atomic E-state index is 0.0223. The Morgan fingerprint density at radius 2 is 1.66 bits per heavy atom. The number of rotatable bonds is 10. The number of hydrogen-bond acceptors (Lipinski definition) is 7. The van der Waals surface area contributed by atoms with Crippen LogP contribution in [0.4, 0.5) is 11.4 Å². The van der Waals surface area contributed by atoms with E-state index in [0.29, 0.717) is 11.1 Å². The molecular formula is C26H24N2O7. The number of carbonyl (C=O) groups is 3. The molecule has 0 aliphatic carbocycles. The van der Waals surface area contributed by atoms with Gasteiger partial charge in [0.05, 0.1) is 24.5 Å². The predicted molar refractivity (Wildman–Crippen MR) is 128 cm³/mol. The lowest BCUT2D eigenvalue weighted by molar-refractivity contribution is -0.384. The molecule has 3 aromatic rings. The Labute approximate surface area is 201 Å². The summed E-state index contributed by atoms with van der Waals surface area (Å²) in [4.78, 5) is 48.6. The van der Waals surface area contributed by atoms with Crippen molar-refractivity contribution in [1.82, 2.24) is 0 Å². The van der Waals surface area contributed by atoms with Crippen LogP contribution in [-0.2, 0) is 14.3 Å². The van der Waals surface area contributed by atoms with Crippen LogP contribution in [-0.4, -0.2) is 29.7 Å². The molecule has 0 saturated heterocycles. The molecule has 9 nitrogen and oxygen atoms in total. The van der Waals surface area contributed by atoms with Gasteiger partial charge in [-0.3, -0.25) is 24.5 Å². The lowest BCUT2D eigenvalue weighted by Gasteiger charge is -2.17. The maximum absolute atomic E-state index is 13.1. The largest absolute Gasteiger partial charge is 0.496 e. The van der Waals surface area contributed by atoms with Gasteiger partial charge in [-0.1, -0.05) is 60.2 Å². The number of anilines is 1. The van der Waals surface area contributed by atoms with E-state index >= 15 is 0 Å². The van der Waals surface area contributed by atoms with Gasteiger partial charge in [0.1, 0.15) is 11.4 Å². The molecule has 0 aromatic heterocycles. The summed E-state index contributed by atoms with van der Waals surface area (Å²) in [6, 6.07) is 19.5. The van der Waals surface area contributed by atoms with Gasteiger partial charge in [0, 0.05) is 17.5 Å². The van der Waals surface area contributed by atoms with Gasteiger partial charge in [-0.2, -0.15) is 0 Å². The maximum atomic E-state index is 13.1. The number of benzene rings is 3. The number of nitro benzene ring substituents is 1. The van der Waals surface area contributed by atoms with E-state index in [2.05, 4.69) is 5.32 Å². The van der Waals surface area contributed by atoms with E-state index in [1.54, 1.807) is 54.6 Å². The molecule has 0 aliphatic rings. The van der Waals surface area contributed by atoms with E-state index < -0.39 is 22.9 Å². The fourth-order valence-corrected chi connectivity index (χ4v) is 3.28. The van der Waals surface area contributed by atoms with Crippen molar-refractivity contribution in [3.05, 3.63) is 99.6 Å². The van der Waals surface area contributed by atoms with E-state index in [0.717, 1.165) is 5.56 Å². The Morgan fingerprint density at radius 1 is 0.971 bits per heavy atom. The number of nitrogens with zero attached hydrogens (tertiary/aromatic N) is 1. The van der Waals surface area contributed by atoms with Crippen molar-refractivity contribution in [1.29, 1.82) is 0 Å². The van der Waals surface area contributed by atoms with Crippen LogP contribution < -0.4 is 10.1 Å². The van der Waals surface area contributed by atoms with Gasteiger partial charge in [0.15, 0.2) is 6.10 Å². The van der Waals surface area contributed by atoms with Gasteiger partial charge in [0.25, 0.3) is 5.69 Å². The number of esters is 1. The number of amides is 1. The van der Waals surface area contributed by atoms with Gasteiger partial charge in [-0.05, 0) is 19.1 Å². The van der Waals surface area contributed by atoms with Crippen LogP contribution in [0.3, 0.4) is 0 Å². The summed E-state index contributed by atoms with van der Waals surface area (Å²) in [6.07, 6.45) is -1.78. The molecule has 0 saturated carbocycles. The number of aryl methyl sites for hydroxylation is 1. The highest BCUT2D eigenvalue weighted by molar-refractivity contribution is 6.01. The fourth-order valence-electron chi connectivity index (χ4n) is 3.28. The summed E-state index contributed by atoms with van der Waals surface area (Å²) in [7, 11) is 1.37. The summed E-state index contributed by atoms with van der Waals surface area (Å²) >= 11 is 0. The zero-order chi connectivity index (χ0) is 25.4. The predicted octanol–water partition coefficient (Wildman–Crippen LogP) is 4.80. The van der Waals surface area contributed by atoms with Crippen molar-refractivity contribution < 1.29 is 28.8 Å². The highest BCUT2D eigenvalue weighted by Crippen LogP contribution is 2.29. The van der Waals surface area contributed by atoms with Crippen LogP contribution in [0, 0.1) is 17.0 Å². The maximum Gasteiger partial charge on any atom is 0.307 e. The van der Waals surface area contributed by atoms with Gasteiger partial charge < -0.3 is 14.8 Å². The average molecular weight is 476 g/mol. The molecule has 0 heterocycles. The second-order valence-corrected chi connectivity index (χ2v) is 7.70. The van der Waals surface area contributed by atoms with E-state index in [1.165, 1.54) is 25.3 Å². The highest BCUT2D eigenvalue weighted by atomic mass is 16.6. The minimum atomic E-state index is -1.17. The zero-order valence-electron chi connectivity index (χ0n) is 19.2. The number of ether oxygens (including phenoxy) is 2. The first-order valence-corrected chi connectivity index (χ1v) is 10.8. The fraction of sp³-hybridized carbons (Fsp3) is 0.192. The van der Waals surface area contributed by atoms with Crippen molar-refractivity contribution in [2.45, 2.75) is 25.9 Å². The molecule has 1 N–H and O–H groups in total. The summed E-state index contributed by atoms with van der Waals surface area (Å²) in [5.41, 5.74) is 1.52. The van der Waals surface area contributed by atoms with E-state index in [-0.39, 0.29) is 35.7 Å². The average Bonchev–Trinajstić information content (AvgIpc) is 2.86. The van der Waals surface area contributed by atoms with Crippen LogP contribution in [0.25, 0.3) is 0 Å². The van der Waals surface area contributed by atoms with Crippen LogP contribution >= 0.6 is 0 Å². The molecule has 1 amide bonds. The van der Waals surface area contributed by atoms with Crippen LogP contribution in [0.15, 0.2) is 72.8 Å². The quantitative estimate of drug-likeness (QED) is 0.193. The van der Waals surface area contributed by atoms with Crippen molar-refractivity contribution in [2.75, 3.05) is 12.4 Å². The number of carbonyl (C=O) groups excluding carboxylic acids is 3. The van der Waals surface area contributed by atoms with Crippen LogP contribution in [0.5, 0.6) is 5.75 Å². The molecule has 0 spiro atoms. The van der Waals surface area contributed by atoms with Crippen LogP contribution in [0.1, 0.15) is 40.4 Å². The second-order valence-electron chi connectivity index (χ2n) is 7.70. The van der Waals surface area contributed by atoms with E-state index in [9.17, 15) is 24.5 Å². The third-order valence-corrected chi connectivity index (χ3v) is 5.16. The van der Waals surface area contributed by atoms with Gasteiger partial charge in [-0.25, -0.2) is 0 Å². The number of Topliss-reactive ketones (excluding diaryl/α,β-unsaturated/α-hetero) is 1. The number of methoxy groups -OCH3 is 1. The summed E-state index contributed by atoms with van der Waals surface area (Å²) in [5, 5.41) is 13.7. The monoisotopic (exact) mass is 476 g/mol. The van der Waals surface area contributed by atoms with Gasteiger partial charge >= 0.3 is 5.97 Å². The first kappa shape index (κ1) is 25.1. The SMILES string of the molecule is COc1ccc(NC(=O)CCC(=O)O[C@H](C(=O)c2ccc(C)cc2)c2ccccc2)c([N+](=O)[O-])c1. The Kier molecular flexibility index (Phi) is 8.29. The molecule has 3 aromatic carbocycles. The molecule has 0 aliphatic heterocycles. The second kappa shape index (κ2) is 11.6. The highest BCUT2D eigenvalue weighted by Gasteiger charge is 2.26. The lowest BCUT2D eigenvalue weighted by Crippen LogP contribution is -2.21. The summed E-state index contributed by atoms with van der Waals surface area (Å²) in [5.74, 6) is -1.48. The Hall–Kier alpha value is -4.53. The van der Waals surface area contributed by atoms with E-state index in [4.69, 9.17) is 9.47 Å². The number of hydrogen-bond donors (Lipinski definition) is 1. The molecule has 0 unspecified atom stereocenters. The third-order valence-electron chi connectivity index (χ3n) is 5.16. The molecule has 35 heavy (non-hydrogen) atoms. The Bertz CT molecular complexity index is 1220. The molecule has 1 atom stereocenters. The molecule has 9 heteroatoms. The molecule has 3 rings (SSSR count). The Morgan fingerprint density at radius 3 is 2.29 bits per heavy atom. The number of nitrogens with one attached hydrogen (secondary N) is 1. The van der Waals surface area contributed by atoms with E-state index in [1.807, 2.05) is 6.92 Å². The summed E-state index contributed by atoms with van der Waals surface area (Å²) < 4.78 is 10.5.